The zero-order chi connectivity index (χ0) is 14.0. The average molecular weight is 279 g/mol. The lowest BCUT2D eigenvalue weighted by Gasteiger charge is -2.33. The van der Waals surface area contributed by atoms with Gasteiger partial charge in [-0.2, -0.15) is 9.57 Å². The molecule has 1 atom stereocenters. The number of piperazine rings is 1. The summed E-state index contributed by atoms with van der Waals surface area (Å²) >= 11 is 0. The molecular weight excluding hydrogens is 262 g/mol. The summed E-state index contributed by atoms with van der Waals surface area (Å²) in [5.41, 5.74) is 1.04. The SMILES string of the molecule is Cc1ccc(C#N)cc1S(=O)(=O)N1CCNC[C@H]1C. The van der Waals surface area contributed by atoms with E-state index in [0.29, 0.717) is 30.8 Å². The number of nitrogens with one attached hydrogen (secondary N) is 1. The number of hydrogen-bond acceptors (Lipinski definition) is 4. The molecule has 0 saturated carbocycles. The van der Waals surface area contributed by atoms with Gasteiger partial charge < -0.3 is 5.32 Å². The summed E-state index contributed by atoms with van der Waals surface area (Å²) in [6.45, 7) is 5.39. The van der Waals surface area contributed by atoms with Crippen LogP contribution in [-0.4, -0.2) is 38.4 Å². The van der Waals surface area contributed by atoms with E-state index in [4.69, 9.17) is 5.26 Å². The summed E-state index contributed by atoms with van der Waals surface area (Å²) in [7, 11) is -3.53. The number of aryl methyl sites for hydroxylation is 1. The summed E-state index contributed by atoms with van der Waals surface area (Å²) in [6.07, 6.45) is 0. The van der Waals surface area contributed by atoms with Crippen molar-refractivity contribution in [3.05, 3.63) is 29.3 Å². The first kappa shape index (κ1) is 14.0. The normalized spacial score (nSPS) is 21.0. The lowest BCUT2D eigenvalue weighted by atomic mass is 10.2. The van der Waals surface area contributed by atoms with E-state index in [1.54, 1.807) is 19.1 Å². The van der Waals surface area contributed by atoms with Crippen LogP contribution >= 0.6 is 0 Å². The van der Waals surface area contributed by atoms with Gasteiger partial charge in [-0.05, 0) is 31.5 Å². The quantitative estimate of drug-likeness (QED) is 0.871. The Labute approximate surface area is 113 Å². The third-order valence-electron chi connectivity index (χ3n) is 3.34. The molecule has 5 nitrogen and oxygen atoms in total. The zero-order valence-corrected chi connectivity index (χ0v) is 11.9. The minimum Gasteiger partial charge on any atom is -0.314 e. The molecule has 6 heteroatoms. The van der Waals surface area contributed by atoms with Crippen LogP contribution in [0.5, 0.6) is 0 Å². The molecule has 1 saturated heterocycles. The van der Waals surface area contributed by atoms with Crippen LogP contribution in [0.15, 0.2) is 23.1 Å². The number of benzene rings is 1. The topological polar surface area (TPSA) is 73.2 Å². The van der Waals surface area contributed by atoms with E-state index in [1.165, 1.54) is 10.4 Å². The van der Waals surface area contributed by atoms with Gasteiger partial charge in [-0.25, -0.2) is 8.42 Å². The first-order chi connectivity index (χ1) is 8.96. The summed E-state index contributed by atoms with van der Waals surface area (Å²) in [4.78, 5) is 0.236. The molecule has 0 amide bonds. The number of sulfonamides is 1. The van der Waals surface area contributed by atoms with Gasteiger partial charge in [0.25, 0.3) is 0 Å². The van der Waals surface area contributed by atoms with Gasteiger partial charge in [0.2, 0.25) is 10.0 Å². The number of rotatable bonds is 2. The van der Waals surface area contributed by atoms with E-state index in [0.717, 1.165) is 0 Å². The Kier molecular flexibility index (Phi) is 3.90. The summed E-state index contributed by atoms with van der Waals surface area (Å²) in [5.74, 6) is 0. The molecule has 1 aromatic rings. The zero-order valence-electron chi connectivity index (χ0n) is 11.0. The van der Waals surface area contributed by atoms with E-state index in [-0.39, 0.29) is 10.9 Å². The van der Waals surface area contributed by atoms with Gasteiger partial charge in [0, 0.05) is 25.7 Å². The van der Waals surface area contributed by atoms with Crippen LogP contribution in [0.1, 0.15) is 18.1 Å². The molecule has 19 heavy (non-hydrogen) atoms. The Balaban J connectivity index is 2.47. The second-order valence-electron chi connectivity index (χ2n) is 4.76. The van der Waals surface area contributed by atoms with Gasteiger partial charge in [0.05, 0.1) is 16.5 Å². The van der Waals surface area contributed by atoms with Crippen molar-refractivity contribution in [2.75, 3.05) is 19.6 Å². The van der Waals surface area contributed by atoms with E-state index in [2.05, 4.69) is 5.32 Å². The van der Waals surface area contributed by atoms with Crippen LogP contribution in [0.25, 0.3) is 0 Å². The Morgan fingerprint density at radius 3 is 2.84 bits per heavy atom. The summed E-state index contributed by atoms with van der Waals surface area (Å²) < 4.78 is 26.9. The van der Waals surface area contributed by atoms with Crippen molar-refractivity contribution in [2.24, 2.45) is 0 Å². The minimum atomic E-state index is -3.53. The highest BCUT2D eigenvalue weighted by Gasteiger charge is 2.31. The highest BCUT2D eigenvalue weighted by molar-refractivity contribution is 7.89. The Bertz CT molecular complexity index is 619. The highest BCUT2D eigenvalue weighted by atomic mass is 32.2. The van der Waals surface area contributed by atoms with Crippen LogP contribution in [0.2, 0.25) is 0 Å². The Hall–Kier alpha value is -1.42. The van der Waals surface area contributed by atoms with Gasteiger partial charge in [0.15, 0.2) is 0 Å². The third kappa shape index (κ3) is 2.63. The molecule has 0 bridgehead atoms. The molecule has 2 rings (SSSR count). The molecule has 1 aliphatic heterocycles. The van der Waals surface area contributed by atoms with Crippen LogP contribution in [0.3, 0.4) is 0 Å². The minimum absolute atomic E-state index is 0.0797. The van der Waals surface area contributed by atoms with Crippen molar-refractivity contribution < 1.29 is 8.42 Å². The lowest BCUT2D eigenvalue weighted by molar-refractivity contribution is 0.283. The molecule has 0 unspecified atom stereocenters. The smallest absolute Gasteiger partial charge is 0.243 e. The predicted molar refractivity (Wildman–Crippen MR) is 72.1 cm³/mol. The van der Waals surface area contributed by atoms with Crippen molar-refractivity contribution in [3.63, 3.8) is 0 Å². The maximum Gasteiger partial charge on any atom is 0.243 e. The fourth-order valence-corrected chi connectivity index (χ4v) is 4.14. The van der Waals surface area contributed by atoms with Gasteiger partial charge >= 0.3 is 0 Å². The standard InChI is InChI=1S/C13H17N3O2S/c1-10-3-4-12(8-14)7-13(10)19(17,18)16-6-5-15-9-11(16)2/h3-4,7,11,15H,5-6,9H2,1-2H3/t11-/m1/s1. The number of nitrogens with zero attached hydrogens (tertiary/aromatic N) is 2. The Morgan fingerprint density at radius 1 is 1.47 bits per heavy atom. The largest absolute Gasteiger partial charge is 0.314 e. The summed E-state index contributed by atoms with van der Waals surface area (Å²) in [6, 6.07) is 6.68. The fourth-order valence-electron chi connectivity index (χ4n) is 2.25. The molecule has 0 aromatic heterocycles. The lowest BCUT2D eigenvalue weighted by Crippen LogP contribution is -2.52. The van der Waals surface area contributed by atoms with Crippen molar-refractivity contribution in [1.29, 1.82) is 5.26 Å². The van der Waals surface area contributed by atoms with Crippen LogP contribution in [0, 0.1) is 18.3 Å². The van der Waals surface area contributed by atoms with E-state index >= 15 is 0 Å². The molecule has 1 aliphatic rings. The molecule has 1 heterocycles. The molecule has 0 radical (unpaired) electrons. The summed E-state index contributed by atoms with van der Waals surface area (Å²) in [5, 5.41) is 12.1. The molecule has 1 aromatic carbocycles. The van der Waals surface area contributed by atoms with Gasteiger partial charge in [-0.3, -0.25) is 0 Å². The average Bonchev–Trinajstić information content (AvgIpc) is 2.39. The maximum absolute atomic E-state index is 12.7. The van der Waals surface area contributed by atoms with Gasteiger partial charge in [0.1, 0.15) is 0 Å². The molecule has 102 valence electrons. The Morgan fingerprint density at radius 2 is 2.21 bits per heavy atom. The third-order valence-corrected chi connectivity index (χ3v) is 5.50. The van der Waals surface area contributed by atoms with Crippen LogP contribution < -0.4 is 5.32 Å². The van der Waals surface area contributed by atoms with Crippen molar-refractivity contribution in [1.82, 2.24) is 9.62 Å². The first-order valence-electron chi connectivity index (χ1n) is 6.20. The molecule has 0 aliphatic carbocycles. The molecule has 0 spiro atoms. The van der Waals surface area contributed by atoms with Crippen molar-refractivity contribution in [2.45, 2.75) is 24.8 Å². The maximum atomic E-state index is 12.7. The number of hydrogen-bond donors (Lipinski definition) is 1. The van der Waals surface area contributed by atoms with E-state index < -0.39 is 10.0 Å². The monoisotopic (exact) mass is 279 g/mol. The molecule has 1 N–H and O–H groups in total. The van der Waals surface area contributed by atoms with Crippen molar-refractivity contribution >= 4 is 10.0 Å². The van der Waals surface area contributed by atoms with Crippen molar-refractivity contribution in [3.8, 4) is 6.07 Å². The highest BCUT2D eigenvalue weighted by Crippen LogP contribution is 2.23. The first-order valence-corrected chi connectivity index (χ1v) is 7.64. The van der Waals surface area contributed by atoms with Gasteiger partial charge in [-0.1, -0.05) is 6.07 Å². The van der Waals surface area contributed by atoms with Crippen LogP contribution in [0.4, 0.5) is 0 Å². The molecule has 1 fully saturated rings. The fraction of sp³-hybridized carbons (Fsp3) is 0.462. The van der Waals surface area contributed by atoms with E-state index in [9.17, 15) is 8.42 Å². The number of nitriles is 1. The van der Waals surface area contributed by atoms with Crippen LogP contribution in [-0.2, 0) is 10.0 Å². The predicted octanol–water partition coefficient (Wildman–Crippen LogP) is 0.849. The molecular formula is C13H17N3O2S. The van der Waals surface area contributed by atoms with Gasteiger partial charge in [-0.15, -0.1) is 0 Å². The second-order valence-corrected chi connectivity index (χ2v) is 6.62. The van der Waals surface area contributed by atoms with E-state index in [1.807, 2.05) is 13.0 Å². The second kappa shape index (κ2) is 5.29.